The molecular formula is C33H38N4O4. The third-order valence-electron chi connectivity index (χ3n) is 7.55. The van der Waals surface area contributed by atoms with E-state index in [0.717, 1.165) is 71.9 Å². The number of aromatic nitrogens is 2. The molecular weight excluding hydrogens is 516 g/mol. The highest BCUT2D eigenvalue weighted by atomic mass is 16.5. The first-order valence-corrected chi connectivity index (χ1v) is 14.1. The Balaban J connectivity index is 1.39. The number of carbonyl (C=O) groups excluding carboxylic acids is 2. The number of aryl methyl sites for hydroxylation is 2. The summed E-state index contributed by atoms with van der Waals surface area (Å²) in [4.78, 5) is 29.3. The number of benzene rings is 3. The van der Waals surface area contributed by atoms with Gasteiger partial charge in [0.15, 0.2) is 0 Å². The highest BCUT2D eigenvalue weighted by Gasteiger charge is 2.28. The van der Waals surface area contributed by atoms with Crippen LogP contribution in [0.2, 0.25) is 0 Å². The average Bonchev–Trinajstić information content (AvgIpc) is 3.42. The Morgan fingerprint density at radius 2 is 1.68 bits per heavy atom. The third kappa shape index (κ3) is 6.34. The number of fused-ring (bicyclic) bond motifs is 1. The molecule has 8 nitrogen and oxygen atoms in total. The molecule has 214 valence electrons. The van der Waals surface area contributed by atoms with Crippen molar-refractivity contribution in [1.29, 1.82) is 0 Å². The van der Waals surface area contributed by atoms with Crippen LogP contribution in [0.5, 0.6) is 5.75 Å². The molecule has 0 aliphatic carbocycles. The number of hydrogen-bond donors (Lipinski definition) is 1. The Kier molecular flexibility index (Phi) is 8.24. The molecule has 1 amide bonds. The fourth-order valence-electron chi connectivity index (χ4n) is 4.87. The van der Waals surface area contributed by atoms with E-state index in [9.17, 15) is 9.59 Å². The average molecular weight is 555 g/mol. The van der Waals surface area contributed by atoms with Crippen LogP contribution in [0, 0.1) is 13.8 Å². The SMILES string of the molecule is Cc1ccc(-n2nc(C(C)(C)C)cc2C(=O)C(=O)Nc2ccc(OCCN3CCOCC3)c3ccccc23)cc1C. The first-order chi connectivity index (χ1) is 19.6. The maximum atomic E-state index is 13.6. The Morgan fingerprint density at radius 3 is 2.39 bits per heavy atom. The predicted octanol–water partition coefficient (Wildman–Crippen LogP) is 5.47. The lowest BCUT2D eigenvalue weighted by Gasteiger charge is -2.26. The third-order valence-corrected chi connectivity index (χ3v) is 7.55. The van der Waals surface area contributed by atoms with Crippen LogP contribution in [-0.4, -0.2) is 65.8 Å². The molecule has 0 unspecified atom stereocenters. The summed E-state index contributed by atoms with van der Waals surface area (Å²) < 4.78 is 13.1. The number of ketones is 1. The predicted molar refractivity (Wildman–Crippen MR) is 161 cm³/mol. The van der Waals surface area contributed by atoms with Crippen molar-refractivity contribution in [3.8, 4) is 11.4 Å². The zero-order valence-electron chi connectivity index (χ0n) is 24.5. The second-order valence-electron chi connectivity index (χ2n) is 11.6. The smallest absolute Gasteiger partial charge is 0.298 e. The summed E-state index contributed by atoms with van der Waals surface area (Å²) in [5.74, 6) is -0.636. The standard InChI is InChI=1S/C33H38N4O4/c1-22-10-11-24(20-23(22)2)37-28(21-30(35-37)33(3,4)5)31(38)32(39)34-27-12-13-29(26-9-7-6-8-25(26)27)41-19-16-36-14-17-40-18-15-36/h6-13,20-21H,14-19H2,1-5H3,(H,34,39). The van der Waals surface area contributed by atoms with Crippen LogP contribution in [0.3, 0.4) is 0 Å². The van der Waals surface area contributed by atoms with Crippen LogP contribution in [0.4, 0.5) is 5.69 Å². The van der Waals surface area contributed by atoms with Crippen molar-refractivity contribution in [1.82, 2.24) is 14.7 Å². The summed E-state index contributed by atoms with van der Waals surface area (Å²) in [6.07, 6.45) is 0. The van der Waals surface area contributed by atoms with Gasteiger partial charge in [0.05, 0.1) is 24.6 Å². The minimum absolute atomic E-state index is 0.225. The van der Waals surface area contributed by atoms with E-state index in [0.29, 0.717) is 12.3 Å². The number of nitrogens with one attached hydrogen (secondary N) is 1. The molecule has 1 aromatic heterocycles. The van der Waals surface area contributed by atoms with Gasteiger partial charge < -0.3 is 14.8 Å². The molecule has 0 spiro atoms. The molecule has 3 aromatic carbocycles. The number of anilines is 1. The summed E-state index contributed by atoms with van der Waals surface area (Å²) in [5.41, 5.74) is 4.17. The van der Waals surface area contributed by atoms with E-state index in [1.807, 2.05) is 83.1 Å². The number of rotatable bonds is 8. The van der Waals surface area contributed by atoms with E-state index >= 15 is 0 Å². The van der Waals surface area contributed by atoms with Gasteiger partial charge >= 0.3 is 0 Å². The molecule has 1 aliphatic heterocycles. The van der Waals surface area contributed by atoms with Gasteiger partial charge in [-0.15, -0.1) is 0 Å². The number of morpholine rings is 1. The van der Waals surface area contributed by atoms with E-state index in [2.05, 4.69) is 10.2 Å². The van der Waals surface area contributed by atoms with E-state index in [-0.39, 0.29) is 11.1 Å². The zero-order valence-corrected chi connectivity index (χ0v) is 24.5. The van der Waals surface area contributed by atoms with E-state index < -0.39 is 11.7 Å². The molecule has 8 heteroatoms. The number of Topliss-reactive ketones (excluding diaryl/α,β-unsaturated/α-hetero) is 1. The molecule has 2 heterocycles. The van der Waals surface area contributed by atoms with Gasteiger partial charge in [-0.05, 0) is 55.3 Å². The van der Waals surface area contributed by atoms with Crippen LogP contribution in [0.15, 0.2) is 60.7 Å². The zero-order chi connectivity index (χ0) is 29.1. The molecule has 5 rings (SSSR count). The quantitative estimate of drug-likeness (QED) is 0.230. The lowest BCUT2D eigenvalue weighted by Crippen LogP contribution is -2.38. The van der Waals surface area contributed by atoms with Crippen molar-refractivity contribution in [3.63, 3.8) is 0 Å². The fourth-order valence-corrected chi connectivity index (χ4v) is 4.87. The second-order valence-corrected chi connectivity index (χ2v) is 11.6. The first kappa shape index (κ1) is 28.5. The number of ether oxygens (including phenoxy) is 2. The molecule has 41 heavy (non-hydrogen) atoms. The molecule has 0 saturated carbocycles. The highest BCUT2D eigenvalue weighted by molar-refractivity contribution is 6.46. The summed E-state index contributed by atoms with van der Waals surface area (Å²) in [6, 6.07) is 19.0. The molecule has 1 N–H and O–H groups in total. The van der Waals surface area contributed by atoms with E-state index in [1.165, 1.54) is 0 Å². The van der Waals surface area contributed by atoms with Crippen LogP contribution in [0.1, 0.15) is 48.1 Å². The van der Waals surface area contributed by atoms with Gasteiger partial charge in [0, 0.05) is 41.5 Å². The minimum Gasteiger partial charge on any atom is -0.492 e. The van der Waals surface area contributed by atoms with E-state index in [4.69, 9.17) is 14.6 Å². The Morgan fingerprint density at radius 1 is 0.951 bits per heavy atom. The number of amides is 1. The van der Waals surface area contributed by atoms with Crippen molar-refractivity contribution in [2.24, 2.45) is 0 Å². The lowest BCUT2D eigenvalue weighted by atomic mass is 9.92. The Labute approximate surface area is 241 Å². The molecule has 0 atom stereocenters. The molecule has 0 bridgehead atoms. The minimum atomic E-state index is -0.721. The van der Waals surface area contributed by atoms with Gasteiger partial charge in [-0.2, -0.15) is 5.10 Å². The first-order valence-electron chi connectivity index (χ1n) is 14.1. The molecule has 0 radical (unpaired) electrons. The lowest BCUT2D eigenvalue weighted by molar-refractivity contribution is -0.112. The number of hydrogen-bond acceptors (Lipinski definition) is 6. The largest absolute Gasteiger partial charge is 0.492 e. The van der Waals surface area contributed by atoms with Crippen LogP contribution in [0.25, 0.3) is 16.5 Å². The van der Waals surface area contributed by atoms with Gasteiger partial charge in [0.2, 0.25) is 0 Å². The normalized spacial score (nSPS) is 14.3. The van der Waals surface area contributed by atoms with Crippen LogP contribution >= 0.6 is 0 Å². The fraction of sp³-hybridized carbons (Fsp3) is 0.364. The summed E-state index contributed by atoms with van der Waals surface area (Å²) in [7, 11) is 0. The van der Waals surface area contributed by atoms with Gasteiger partial charge in [-0.3, -0.25) is 14.5 Å². The summed E-state index contributed by atoms with van der Waals surface area (Å²) in [5, 5.41) is 9.28. The van der Waals surface area contributed by atoms with Gasteiger partial charge in [-0.1, -0.05) is 51.1 Å². The highest BCUT2D eigenvalue weighted by Crippen LogP contribution is 2.32. The summed E-state index contributed by atoms with van der Waals surface area (Å²) in [6.45, 7) is 14.8. The molecule has 1 saturated heterocycles. The van der Waals surface area contributed by atoms with Gasteiger partial charge in [-0.25, -0.2) is 4.68 Å². The molecule has 1 fully saturated rings. The maximum absolute atomic E-state index is 13.6. The van der Waals surface area contributed by atoms with Crippen molar-refractivity contribution >= 4 is 28.2 Å². The van der Waals surface area contributed by atoms with Gasteiger partial charge in [0.1, 0.15) is 18.1 Å². The second kappa shape index (κ2) is 11.8. The monoisotopic (exact) mass is 554 g/mol. The van der Waals surface area contributed by atoms with Gasteiger partial charge in [0.25, 0.3) is 11.7 Å². The Bertz CT molecular complexity index is 1580. The molecule has 1 aliphatic rings. The summed E-state index contributed by atoms with van der Waals surface area (Å²) >= 11 is 0. The van der Waals surface area contributed by atoms with Crippen molar-refractivity contribution in [2.75, 3.05) is 44.8 Å². The Hall–Kier alpha value is -4.01. The number of carbonyl (C=O) groups is 2. The van der Waals surface area contributed by atoms with Crippen LogP contribution in [-0.2, 0) is 14.9 Å². The number of nitrogens with zero attached hydrogens (tertiary/aromatic N) is 3. The van der Waals surface area contributed by atoms with Crippen LogP contribution < -0.4 is 10.1 Å². The maximum Gasteiger partial charge on any atom is 0.298 e. The molecule has 4 aromatic rings. The van der Waals surface area contributed by atoms with E-state index in [1.54, 1.807) is 16.8 Å². The topological polar surface area (TPSA) is 85.7 Å². The van der Waals surface area contributed by atoms with Crippen molar-refractivity contribution in [2.45, 2.75) is 40.0 Å². The van der Waals surface area contributed by atoms with Crippen molar-refractivity contribution in [3.05, 3.63) is 83.2 Å². The van der Waals surface area contributed by atoms with Crippen molar-refractivity contribution < 1.29 is 19.1 Å².